The number of anilines is 1. The van der Waals surface area contributed by atoms with Crippen LogP contribution in [0, 0.1) is 0 Å². The van der Waals surface area contributed by atoms with Crippen LogP contribution in [0.1, 0.15) is 53.2 Å². The van der Waals surface area contributed by atoms with Crippen LogP contribution in [0.3, 0.4) is 0 Å². The van der Waals surface area contributed by atoms with Gasteiger partial charge in [-0.15, -0.1) is 0 Å². The fourth-order valence-electron chi connectivity index (χ4n) is 3.34. The summed E-state index contributed by atoms with van der Waals surface area (Å²) in [7, 11) is 0. The average Bonchev–Trinajstić information content (AvgIpc) is 2.78. The molecule has 1 N–H and O–H groups in total. The van der Waals surface area contributed by atoms with Crippen molar-refractivity contribution in [1.29, 1.82) is 0 Å². The third-order valence-electron chi connectivity index (χ3n) is 5.19. The first-order valence-electron chi connectivity index (χ1n) is 10.3. The molecule has 0 aliphatic heterocycles. The molecule has 0 aliphatic rings. The van der Waals surface area contributed by atoms with Crippen molar-refractivity contribution in [2.24, 2.45) is 0 Å². The molecule has 0 unspecified atom stereocenters. The summed E-state index contributed by atoms with van der Waals surface area (Å²) in [5.74, 6) is -0.513. The molecule has 0 heterocycles. The van der Waals surface area contributed by atoms with Crippen LogP contribution in [-0.4, -0.2) is 18.5 Å². The number of esters is 1. The van der Waals surface area contributed by atoms with Gasteiger partial charge in [-0.05, 0) is 47.6 Å². The highest BCUT2D eigenvalue weighted by Crippen LogP contribution is 2.26. The van der Waals surface area contributed by atoms with Crippen LogP contribution in [0.25, 0.3) is 0 Å². The zero-order chi connectivity index (χ0) is 21.3. The van der Waals surface area contributed by atoms with Gasteiger partial charge < -0.3 is 10.1 Å². The Morgan fingerprint density at radius 1 is 0.900 bits per heavy atom. The Balaban J connectivity index is 1.63. The van der Waals surface area contributed by atoms with E-state index in [2.05, 4.69) is 19.2 Å². The molecule has 0 bridgehead atoms. The summed E-state index contributed by atoms with van der Waals surface area (Å²) < 4.78 is 5.32. The fourth-order valence-corrected chi connectivity index (χ4v) is 3.34. The van der Waals surface area contributed by atoms with Crippen molar-refractivity contribution in [1.82, 2.24) is 0 Å². The van der Waals surface area contributed by atoms with Gasteiger partial charge in [0.2, 0.25) is 0 Å². The topological polar surface area (TPSA) is 55.4 Å². The number of benzene rings is 3. The standard InChI is InChI=1S/C26H27NO3/c1-3-19(2)22-14-9-10-16-24(22)27-25(28)18-30-26(29)23-15-8-7-13-21(23)17-20-11-5-4-6-12-20/h4-16,19H,3,17-18H2,1-2H3,(H,27,28)/t19-/m0/s1. The Bertz CT molecular complexity index is 998. The van der Waals surface area contributed by atoms with Crippen molar-refractivity contribution in [2.45, 2.75) is 32.6 Å². The molecule has 0 aliphatic carbocycles. The number of ether oxygens (including phenoxy) is 1. The normalized spacial score (nSPS) is 11.5. The number of hydrogen-bond donors (Lipinski definition) is 1. The van der Waals surface area contributed by atoms with Crippen LogP contribution in [0.4, 0.5) is 5.69 Å². The van der Waals surface area contributed by atoms with Gasteiger partial charge in [0.05, 0.1) is 5.56 Å². The van der Waals surface area contributed by atoms with E-state index in [4.69, 9.17) is 4.74 Å². The van der Waals surface area contributed by atoms with Crippen molar-refractivity contribution < 1.29 is 14.3 Å². The lowest BCUT2D eigenvalue weighted by Crippen LogP contribution is -2.22. The molecule has 4 heteroatoms. The molecule has 0 saturated heterocycles. The molecule has 154 valence electrons. The third kappa shape index (κ3) is 5.57. The van der Waals surface area contributed by atoms with Gasteiger partial charge in [-0.3, -0.25) is 4.79 Å². The fraction of sp³-hybridized carbons (Fsp3) is 0.231. The number of carbonyl (C=O) groups is 2. The molecule has 3 aromatic rings. The quantitative estimate of drug-likeness (QED) is 0.501. The van der Waals surface area contributed by atoms with Gasteiger partial charge in [0.15, 0.2) is 6.61 Å². The monoisotopic (exact) mass is 401 g/mol. The summed E-state index contributed by atoms with van der Waals surface area (Å²) in [5, 5.41) is 2.87. The van der Waals surface area contributed by atoms with Crippen molar-refractivity contribution in [3.63, 3.8) is 0 Å². The van der Waals surface area contributed by atoms with Gasteiger partial charge in [-0.2, -0.15) is 0 Å². The van der Waals surface area contributed by atoms with E-state index in [0.29, 0.717) is 17.9 Å². The molecule has 0 radical (unpaired) electrons. The molecule has 1 atom stereocenters. The molecule has 1 amide bonds. The van der Waals surface area contributed by atoms with Crippen molar-refractivity contribution >= 4 is 17.6 Å². The third-order valence-corrected chi connectivity index (χ3v) is 5.19. The number of carbonyl (C=O) groups excluding carboxylic acids is 2. The highest BCUT2D eigenvalue weighted by Gasteiger charge is 2.16. The minimum Gasteiger partial charge on any atom is -0.452 e. The van der Waals surface area contributed by atoms with E-state index in [9.17, 15) is 9.59 Å². The Hall–Kier alpha value is -3.40. The first-order valence-corrected chi connectivity index (χ1v) is 10.3. The van der Waals surface area contributed by atoms with Gasteiger partial charge in [0.25, 0.3) is 5.91 Å². The van der Waals surface area contributed by atoms with E-state index >= 15 is 0 Å². The van der Waals surface area contributed by atoms with Gasteiger partial charge in [-0.1, -0.05) is 80.6 Å². The first-order chi connectivity index (χ1) is 14.6. The SMILES string of the molecule is CC[C@H](C)c1ccccc1NC(=O)COC(=O)c1ccccc1Cc1ccccc1. The second kappa shape index (κ2) is 10.4. The Morgan fingerprint density at radius 2 is 1.57 bits per heavy atom. The van der Waals surface area contributed by atoms with E-state index in [1.54, 1.807) is 12.1 Å². The van der Waals surface area contributed by atoms with Crippen molar-refractivity contribution in [3.8, 4) is 0 Å². The van der Waals surface area contributed by atoms with Crippen LogP contribution in [0.15, 0.2) is 78.9 Å². The van der Waals surface area contributed by atoms with E-state index in [1.165, 1.54) is 0 Å². The van der Waals surface area contributed by atoms with Gasteiger partial charge in [0, 0.05) is 5.69 Å². The largest absolute Gasteiger partial charge is 0.452 e. The molecule has 4 nitrogen and oxygen atoms in total. The maximum absolute atomic E-state index is 12.6. The highest BCUT2D eigenvalue weighted by atomic mass is 16.5. The molecule has 0 aromatic heterocycles. The average molecular weight is 402 g/mol. The van der Waals surface area contributed by atoms with Gasteiger partial charge in [0.1, 0.15) is 0 Å². The number of nitrogens with one attached hydrogen (secondary N) is 1. The number of rotatable bonds is 8. The van der Waals surface area contributed by atoms with Crippen LogP contribution >= 0.6 is 0 Å². The molecule has 3 rings (SSSR count). The minimum atomic E-state index is -0.494. The zero-order valence-corrected chi connectivity index (χ0v) is 17.4. The molecule has 0 spiro atoms. The Morgan fingerprint density at radius 3 is 2.33 bits per heavy atom. The van der Waals surface area contributed by atoms with E-state index in [0.717, 1.165) is 28.8 Å². The van der Waals surface area contributed by atoms with Crippen molar-refractivity contribution in [2.75, 3.05) is 11.9 Å². The first kappa shape index (κ1) is 21.3. The van der Waals surface area contributed by atoms with E-state index < -0.39 is 5.97 Å². The predicted octanol–water partition coefficient (Wildman–Crippen LogP) is 5.59. The van der Waals surface area contributed by atoms with Crippen LogP contribution in [0.2, 0.25) is 0 Å². The predicted molar refractivity (Wildman–Crippen MR) is 120 cm³/mol. The van der Waals surface area contributed by atoms with Crippen LogP contribution < -0.4 is 5.32 Å². The number of hydrogen-bond acceptors (Lipinski definition) is 3. The molecule has 0 fully saturated rings. The van der Waals surface area contributed by atoms with Crippen LogP contribution in [-0.2, 0) is 16.0 Å². The molecular formula is C26H27NO3. The van der Waals surface area contributed by atoms with Crippen molar-refractivity contribution in [3.05, 3.63) is 101 Å². The Kier molecular flexibility index (Phi) is 7.39. The lowest BCUT2D eigenvalue weighted by molar-refractivity contribution is -0.119. The van der Waals surface area contributed by atoms with Gasteiger partial charge in [-0.25, -0.2) is 4.79 Å². The molecule has 3 aromatic carbocycles. The number of para-hydroxylation sites is 1. The maximum Gasteiger partial charge on any atom is 0.338 e. The maximum atomic E-state index is 12.6. The summed E-state index contributed by atoms with van der Waals surface area (Å²) in [5.41, 5.74) is 4.30. The second-order valence-electron chi connectivity index (χ2n) is 7.34. The summed E-state index contributed by atoms with van der Waals surface area (Å²) >= 11 is 0. The van der Waals surface area contributed by atoms with E-state index in [1.807, 2.05) is 66.7 Å². The summed E-state index contributed by atoms with van der Waals surface area (Å²) in [6.45, 7) is 3.90. The molecular weight excluding hydrogens is 374 g/mol. The summed E-state index contributed by atoms with van der Waals surface area (Å²) in [4.78, 5) is 25.0. The Labute approximate surface area is 177 Å². The van der Waals surface area contributed by atoms with Crippen LogP contribution in [0.5, 0.6) is 0 Å². The molecule has 0 saturated carbocycles. The lowest BCUT2D eigenvalue weighted by atomic mass is 9.97. The summed E-state index contributed by atoms with van der Waals surface area (Å²) in [6.07, 6.45) is 1.60. The second-order valence-corrected chi connectivity index (χ2v) is 7.34. The van der Waals surface area contributed by atoms with E-state index in [-0.39, 0.29) is 12.5 Å². The van der Waals surface area contributed by atoms with Gasteiger partial charge >= 0.3 is 5.97 Å². The smallest absolute Gasteiger partial charge is 0.338 e. The minimum absolute atomic E-state index is 0.326. The highest BCUT2D eigenvalue weighted by molar-refractivity contribution is 5.96. The summed E-state index contributed by atoms with van der Waals surface area (Å²) in [6, 6.07) is 25.0. The number of amides is 1. The zero-order valence-electron chi connectivity index (χ0n) is 17.4. The molecule has 30 heavy (non-hydrogen) atoms. The lowest BCUT2D eigenvalue weighted by Gasteiger charge is -2.15.